The van der Waals surface area contributed by atoms with Crippen molar-refractivity contribution in [2.75, 3.05) is 33.9 Å². The van der Waals surface area contributed by atoms with Gasteiger partial charge in [-0.2, -0.15) is 0 Å². The number of carbonyl (C=O) groups excluding carboxylic acids is 4. The number of H-pyrrole nitrogens is 2. The normalized spacial score (nSPS) is 21.7. The molecule has 0 bridgehead atoms. The highest BCUT2D eigenvalue weighted by molar-refractivity contribution is 5.88. The molecule has 4 amide bonds. The Morgan fingerprint density at radius 1 is 0.735 bits per heavy atom. The number of imidazole rings is 1. The summed E-state index contributed by atoms with van der Waals surface area (Å²) in [7, 11) is 2.57. The molecular weight excluding hydrogens is 861 g/mol. The van der Waals surface area contributed by atoms with Crippen LogP contribution in [0.3, 0.4) is 0 Å². The van der Waals surface area contributed by atoms with Crippen LogP contribution in [0.5, 0.6) is 0 Å². The third-order valence-electron chi connectivity index (χ3n) is 16.5. The van der Waals surface area contributed by atoms with Crippen LogP contribution in [0.4, 0.5) is 9.59 Å². The highest BCUT2D eigenvalue weighted by atomic mass is 16.5. The first-order valence-corrected chi connectivity index (χ1v) is 24.4. The zero-order valence-electron chi connectivity index (χ0n) is 39.3. The molecule has 0 unspecified atom stereocenters. The second kappa shape index (κ2) is 16.6. The SMILES string of the molecule is COC(=O)NCC(=O)N1CC2(CC2)C[C@H]1c1nc2ccc(-c3ccc(-c4ccc(-c5cnc([C@@H]6CC7(CC7)CN6C(=O)[C@@H](NC(=O)OC)C(C)C)[nH]5)cc4)c4c3CC3(CCCC3)C4)cc2c(=O)[nH]1. The Balaban J connectivity index is 0.860. The van der Waals surface area contributed by atoms with Crippen LogP contribution in [0, 0.1) is 22.2 Å². The molecule has 6 aliphatic rings. The number of carbonyl (C=O) groups is 4. The topological polar surface area (TPSA) is 192 Å². The molecule has 2 saturated heterocycles. The lowest BCUT2D eigenvalue weighted by atomic mass is 9.82. The summed E-state index contributed by atoms with van der Waals surface area (Å²) in [4.78, 5) is 85.4. The zero-order chi connectivity index (χ0) is 47.1. The van der Waals surface area contributed by atoms with Gasteiger partial charge >= 0.3 is 12.2 Å². The van der Waals surface area contributed by atoms with Crippen molar-refractivity contribution in [2.24, 2.45) is 22.2 Å². The van der Waals surface area contributed by atoms with Crippen LogP contribution in [-0.4, -0.2) is 93.6 Å². The fourth-order valence-electron chi connectivity index (χ4n) is 12.3. The maximum absolute atomic E-state index is 14.0. The zero-order valence-corrected chi connectivity index (χ0v) is 39.3. The first-order chi connectivity index (χ1) is 32.8. The summed E-state index contributed by atoms with van der Waals surface area (Å²) in [6.45, 7) is 4.90. The summed E-state index contributed by atoms with van der Waals surface area (Å²) >= 11 is 0. The average Bonchev–Trinajstić information content (AvgIpc) is 3.81. The summed E-state index contributed by atoms with van der Waals surface area (Å²) in [5, 5.41) is 5.78. The Morgan fingerprint density at radius 2 is 1.34 bits per heavy atom. The van der Waals surface area contributed by atoms with Crippen molar-refractivity contribution in [3.05, 3.63) is 93.9 Å². The molecule has 15 heteroatoms. The van der Waals surface area contributed by atoms with E-state index in [0.29, 0.717) is 29.8 Å². The van der Waals surface area contributed by atoms with Crippen molar-refractivity contribution < 1.29 is 28.7 Å². The van der Waals surface area contributed by atoms with Crippen LogP contribution in [0.15, 0.2) is 65.6 Å². The predicted octanol–water partition coefficient (Wildman–Crippen LogP) is 8.15. The van der Waals surface area contributed by atoms with Crippen molar-refractivity contribution in [1.29, 1.82) is 0 Å². The Morgan fingerprint density at radius 3 is 1.97 bits per heavy atom. The molecule has 3 saturated carbocycles. The van der Waals surface area contributed by atoms with Gasteiger partial charge in [-0.05, 0) is 137 Å². The van der Waals surface area contributed by atoms with E-state index in [9.17, 15) is 24.0 Å². The summed E-state index contributed by atoms with van der Waals surface area (Å²) in [5.74, 6) is 0.778. The molecule has 4 heterocycles. The van der Waals surface area contributed by atoms with Gasteiger partial charge in [0.25, 0.3) is 5.56 Å². The van der Waals surface area contributed by atoms with Gasteiger partial charge in [-0.3, -0.25) is 14.4 Å². The molecule has 3 aromatic carbocycles. The van der Waals surface area contributed by atoms with Crippen LogP contribution < -0.4 is 16.2 Å². The number of nitrogens with one attached hydrogen (secondary N) is 4. The minimum absolute atomic E-state index is 0.0328. The number of aromatic amines is 2. The Bertz CT molecular complexity index is 2910. The number of aromatic nitrogens is 4. The summed E-state index contributed by atoms with van der Waals surface area (Å²) < 4.78 is 9.52. The number of fused-ring (bicyclic) bond motifs is 2. The third kappa shape index (κ3) is 7.90. The van der Waals surface area contributed by atoms with Gasteiger partial charge in [-0.15, -0.1) is 0 Å². The molecule has 3 spiro atoms. The average molecular weight is 921 g/mol. The molecule has 68 heavy (non-hydrogen) atoms. The Kier molecular flexibility index (Phi) is 10.8. The molecule has 11 rings (SSSR count). The van der Waals surface area contributed by atoms with E-state index in [0.717, 1.165) is 85.1 Å². The van der Waals surface area contributed by atoms with E-state index in [4.69, 9.17) is 14.7 Å². The molecule has 0 radical (unpaired) electrons. The third-order valence-corrected chi connectivity index (χ3v) is 16.5. The van der Waals surface area contributed by atoms with Gasteiger partial charge < -0.3 is 39.9 Å². The Hall–Kier alpha value is -6.51. The van der Waals surface area contributed by atoms with Crippen LogP contribution in [0.2, 0.25) is 0 Å². The molecule has 5 aromatic rings. The number of rotatable bonds is 10. The number of ether oxygens (including phenoxy) is 2. The molecular formula is C53H60N8O7. The number of alkyl carbamates (subject to hydrolysis) is 2. The molecule has 4 N–H and O–H groups in total. The van der Waals surface area contributed by atoms with Gasteiger partial charge in [0, 0.05) is 13.1 Å². The van der Waals surface area contributed by atoms with Crippen LogP contribution in [0.25, 0.3) is 44.4 Å². The minimum atomic E-state index is -0.696. The lowest BCUT2D eigenvalue weighted by Crippen LogP contribution is -2.51. The predicted molar refractivity (Wildman–Crippen MR) is 255 cm³/mol. The Labute approximate surface area is 395 Å². The molecule has 15 nitrogen and oxygen atoms in total. The van der Waals surface area contributed by atoms with Gasteiger partial charge in [-0.1, -0.05) is 69.2 Å². The van der Waals surface area contributed by atoms with E-state index in [2.05, 4.69) is 67.8 Å². The molecule has 4 aliphatic carbocycles. The number of benzene rings is 3. The van der Waals surface area contributed by atoms with E-state index in [-0.39, 0.29) is 58.2 Å². The van der Waals surface area contributed by atoms with E-state index in [1.54, 1.807) is 4.90 Å². The lowest BCUT2D eigenvalue weighted by molar-refractivity contribution is -0.135. The van der Waals surface area contributed by atoms with Crippen molar-refractivity contribution >= 4 is 34.9 Å². The van der Waals surface area contributed by atoms with Crippen molar-refractivity contribution in [2.45, 2.75) is 109 Å². The first-order valence-electron chi connectivity index (χ1n) is 24.4. The fraction of sp³-hybridized carbons (Fsp3) is 0.491. The number of amides is 4. The van der Waals surface area contributed by atoms with E-state index in [1.165, 1.54) is 56.6 Å². The summed E-state index contributed by atoms with van der Waals surface area (Å²) in [6.07, 6.45) is 13.3. The molecule has 2 aliphatic heterocycles. The standard InChI is InChI=1S/C53H60N8O7/c1-30(2)44(58-50(66)68-4)48(64)61-29-53(19-20-53)24-41(61)45-54-26-40(57-45)32-9-7-31(8-10-32)34-12-13-35(38-23-51(22-37(34)38)15-5-6-16-51)33-11-14-39-36(21-33)47(63)59-46(56-39)42-25-52(17-18-52)28-60(42)43(62)27-55-49(65)67-3/h7-14,21,26,30,41-42,44H,5-6,15-20,22-25,27-29H2,1-4H3,(H,54,57)(H,55,65)(H,58,66)(H,56,59,63)/t41-,42-,44-/m0/s1. The number of hydrogen-bond acceptors (Lipinski definition) is 9. The van der Waals surface area contributed by atoms with Gasteiger partial charge in [0.2, 0.25) is 11.8 Å². The van der Waals surface area contributed by atoms with Crippen molar-refractivity contribution in [3.8, 4) is 33.5 Å². The molecule has 354 valence electrons. The van der Waals surface area contributed by atoms with Gasteiger partial charge in [0.1, 0.15) is 24.2 Å². The van der Waals surface area contributed by atoms with Gasteiger partial charge in [-0.25, -0.2) is 19.6 Å². The van der Waals surface area contributed by atoms with E-state index in [1.807, 2.05) is 37.1 Å². The number of nitrogens with zero attached hydrogens (tertiary/aromatic N) is 4. The number of hydrogen-bond donors (Lipinski definition) is 4. The highest BCUT2D eigenvalue weighted by Crippen LogP contribution is 2.59. The second-order valence-corrected chi connectivity index (χ2v) is 21.3. The quantitative estimate of drug-likeness (QED) is 0.107. The maximum atomic E-state index is 14.0. The molecule has 3 atom stereocenters. The lowest BCUT2D eigenvalue weighted by Gasteiger charge is -2.30. The minimum Gasteiger partial charge on any atom is -0.453 e. The van der Waals surface area contributed by atoms with Gasteiger partial charge in [0.05, 0.1) is 49.1 Å². The van der Waals surface area contributed by atoms with E-state index >= 15 is 0 Å². The van der Waals surface area contributed by atoms with Crippen molar-refractivity contribution in [1.82, 2.24) is 40.4 Å². The molecule has 5 fully saturated rings. The first kappa shape index (κ1) is 44.0. The van der Waals surface area contributed by atoms with E-state index < -0.39 is 18.2 Å². The smallest absolute Gasteiger partial charge is 0.407 e. The second-order valence-electron chi connectivity index (χ2n) is 21.3. The fourth-order valence-corrected chi connectivity index (χ4v) is 12.3. The van der Waals surface area contributed by atoms with Crippen LogP contribution in [0.1, 0.15) is 113 Å². The number of likely N-dealkylation sites (tertiary alicyclic amines) is 2. The summed E-state index contributed by atoms with van der Waals surface area (Å²) in [5.41, 5.74) is 9.86. The highest BCUT2D eigenvalue weighted by Gasteiger charge is 2.56. The molecule has 2 aromatic heterocycles. The monoisotopic (exact) mass is 920 g/mol. The summed E-state index contributed by atoms with van der Waals surface area (Å²) in [6, 6.07) is 17.8. The van der Waals surface area contributed by atoms with Crippen LogP contribution in [-0.2, 0) is 31.9 Å². The largest absolute Gasteiger partial charge is 0.453 e. The van der Waals surface area contributed by atoms with Crippen LogP contribution >= 0.6 is 0 Å². The maximum Gasteiger partial charge on any atom is 0.407 e. The van der Waals surface area contributed by atoms with Gasteiger partial charge in [0.15, 0.2) is 0 Å². The van der Waals surface area contributed by atoms with Crippen molar-refractivity contribution in [3.63, 3.8) is 0 Å². The number of methoxy groups -OCH3 is 2.